The number of rotatable bonds is 4. The van der Waals surface area contributed by atoms with Gasteiger partial charge in [-0.25, -0.2) is 18.1 Å². The maximum atomic E-state index is 12.3. The molecule has 0 aliphatic carbocycles. The van der Waals surface area contributed by atoms with Gasteiger partial charge in [0.15, 0.2) is 15.1 Å². The number of hydrogen-bond acceptors (Lipinski definition) is 5. The second-order valence-corrected chi connectivity index (χ2v) is 7.16. The summed E-state index contributed by atoms with van der Waals surface area (Å²) in [6, 6.07) is 0. The van der Waals surface area contributed by atoms with E-state index in [0.29, 0.717) is 11.6 Å². The summed E-state index contributed by atoms with van der Waals surface area (Å²) in [7, 11) is -3.69. The van der Waals surface area contributed by atoms with E-state index in [1.807, 2.05) is 0 Å². The minimum atomic E-state index is -3.69. The number of nitrogens with zero attached hydrogens (tertiary/aromatic N) is 2. The average molecular weight is 322 g/mol. The van der Waals surface area contributed by atoms with Gasteiger partial charge in [-0.05, 0) is 12.8 Å². The van der Waals surface area contributed by atoms with Gasteiger partial charge in [0.05, 0.1) is 6.10 Å². The van der Waals surface area contributed by atoms with E-state index in [0.717, 1.165) is 12.8 Å². The zero-order chi connectivity index (χ0) is 13.5. The largest absolute Gasteiger partial charge is 0.377 e. The van der Waals surface area contributed by atoms with Gasteiger partial charge in [0.1, 0.15) is 0 Å². The third-order valence-corrected chi connectivity index (χ3v) is 5.54. The highest BCUT2D eigenvalue weighted by Gasteiger charge is 2.26. The monoisotopic (exact) mass is 321 g/mol. The fraction of sp³-hybridized carbons (Fsp3) is 0.500. The number of sulfonamides is 1. The van der Waals surface area contributed by atoms with E-state index in [9.17, 15) is 8.42 Å². The first kappa shape index (κ1) is 13.3. The van der Waals surface area contributed by atoms with Crippen molar-refractivity contribution in [3.05, 3.63) is 16.7 Å². The Hall–Kier alpha value is -0.670. The van der Waals surface area contributed by atoms with Gasteiger partial charge in [-0.1, -0.05) is 11.6 Å². The number of hydrogen-bond donors (Lipinski definition) is 1. The third kappa shape index (κ3) is 2.50. The maximum Gasteiger partial charge on any atom is 0.259 e. The molecule has 1 atom stereocenters. The lowest BCUT2D eigenvalue weighted by Gasteiger charge is -2.10. The molecule has 1 aliphatic heterocycles. The molecule has 0 radical (unpaired) electrons. The van der Waals surface area contributed by atoms with E-state index >= 15 is 0 Å². The molecule has 9 heteroatoms. The van der Waals surface area contributed by atoms with Crippen LogP contribution in [0.4, 0.5) is 0 Å². The maximum absolute atomic E-state index is 12.3. The summed E-state index contributed by atoms with van der Waals surface area (Å²) in [5.74, 6) is 0. The Morgan fingerprint density at radius 1 is 1.63 bits per heavy atom. The molecule has 0 saturated carbocycles. The van der Waals surface area contributed by atoms with Gasteiger partial charge in [0, 0.05) is 24.7 Å². The molecular formula is C10H12ClN3O3S2. The van der Waals surface area contributed by atoms with Gasteiger partial charge in [-0.2, -0.15) is 0 Å². The fourth-order valence-electron chi connectivity index (χ4n) is 2.06. The zero-order valence-electron chi connectivity index (χ0n) is 9.87. The van der Waals surface area contributed by atoms with Crippen molar-refractivity contribution in [3.63, 3.8) is 0 Å². The van der Waals surface area contributed by atoms with E-state index in [-0.39, 0.29) is 22.8 Å². The molecule has 1 fully saturated rings. The topological polar surface area (TPSA) is 72.7 Å². The molecule has 1 saturated heterocycles. The number of aromatic nitrogens is 2. The molecule has 0 amide bonds. The summed E-state index contributed by atoms with van der Waals surface area (Å²) in [6.45, 7) is 0.949. The summed E-state index contributed by atoms with van der Waals surface area (Å²) in [5.41, 5.74) is 0. The van der Waals surface area contributed by atoms with E-state index in [2.05, 4.69) is 9.71 Å². The van der Waals surface area contributed by atoms with Crippen LogP contribution < -0.4 is 4.72 Å². The van der Waals surface area contributed by atoms with Crippen molar-refractivity contribution >= 4 is 37.9 Å². The molecule has 1 N–H and O–H groups in total. The fourth-order valence-corrected chi connectivity index (χ4v) is 4.57. The van der Waals surface area contributed by atoms with Crippen LogP contribution >= 0.6 is 22.9 Å². The Bertz CT molecular complexity index is 688. The van der Waals surface area contributed by atoms with Crippen LogP contribution in [0.2, 0.25) is 5.15 Å². The van der Waals surface area contributed by atoms with Crippen LogP contribution in [0.15, 0.2) is 16.6 Å². The van der Waals surface area contributed by atoms with Crippen molar-refractivity contribution in [1.82, 2.24) is 14.1 Å². The quantitative estimate of drug-likeness (QED) is 0.926. The summed E-state index contributed by atoms with van der Waals surface area (Å²) < 4.78 is 33.9. The predicted molar refractivity (Wildman–Crippen MR) is 72.2 cm³/mol. The lowest BCUT2D eigenvalue weighted by molar-refractivity contribution is 0.114. The van der Waals surface area contributed by atoms with Crippen LogP contribution in [0.1, 0.15) is 12.8 Å². The predicted octanol–water partition coefficient (Wildman–Crippen LogP) is 1.51. The first-order chi connectivity index (χ1) is 9.08. The van der Waals surface area contributed by atoms with Gasteiger partial charge in [0.25, 0.3) is 10.0 Å². The SMILES string of the molecule is O=S(=O)(NCC1CCCO1)c1c(Cl)nc2sccn12. The number of imidazole rings is 1. The molecule has 1 unspecified atom stereocenters. The molecule has 104 valence electrons. The van der Waals surface area contributed by atoms with Crippen LogP contribution in [0.25, 0.3) is 4.96 Å². The molecule has 6 nitrogen and oxygen atoms in total. The van der Waals surface area contributed by atoms with Crippen LogP contribution in [0, 0.1) is 0 Å². The number of fused-ring (bicyclic) bond motifs is 1. The van der Waals surface area contributed by atoms with E-state index in [1.54, 1.807) is 11.6 Å². The number of halogens is 1. The lowest BCUT2D eigenvalue weighted by Crippen LogP contribution is -2.32. The molecule has 2 aromatic heterocycles. The van der Waals surface area contributed by atoms with Crippen LogP contribution in [-0.2, 0) is 14.8 Å². The Balaban J connectivity index is 1.86. The molecule has 0 spiro atoms. The summed E-state index contributed by atoms with van der Waals surface area (Å²) in [6.07, 6.45) is 3.42. The van der Waals surface area contributed by atoms with Crippen molar-refractivity contribution in [2.45, 2.75) is 24.0 Å². The normalized spacial score (nSPS) is 20.4. The Kier molecular flexibility index (Phi) is 3.52. The van der Waals surface area contributed by atoms with Gasteiger partial charge < -0.3 is 4.74 Å². The molecule has 0 bridgehead atoms. The molecule has 2 aromatic rings. The Morgan fingerprint density at radius 3 is 3.21 bits per heavy atom. The highest BCUT2D eigenvalue weighted by molar-refractivity contribution is 7.89. The molecule has 1 aliphatic rings. The highest BCUT2D eigenvalue weighted by atomic mass is 35.5. The van der Waals surface area contributed by atoms with Crippen LogP contribution in [0.5, 0.6) is 0 Å². The zero-order valence-corrected chi connectivity index (χ0v) is 12.3. The van der Waals surface area contributed by atoms with Crippen LogP contribution in [-0.4, -0.2) is 37.1 Å². The van der Waals surface area contributed by atoms with Gasteiger partial charge in [0.2, 0.25) is 0 Å². The van der Waals surface area contributed by atoms with Gasteiger partial charge in [-0.15, -0.1) is 11.3 Å². The van der Waals surface area contributed by atoms with Crippen molar-refractivity contribution in [3.8, 4) is 0 Å². The molecule has 3 heterocycles. The smallest absolute Gasteiger partial charge is 0.259 e. The van der Waals surface area contributed by atoms with E-state index in [1.165, 1.54) is 15.7 Å². The first-order valence-corrected chi connectivity index (χ1v) is 8.54. The van der Waals surface area contributed by atoms with Gasteiger partial charge >= 0.3 is 0 Å². The molecule has 3 rings (SSSR count). The second kappa shape index (κ2) is 5.02. The summed E-state index contributed by atoms with van der Waals surface area (Å²) in [4.78, 5) is 4.57. The van der Waals surface area contributed by atoms with Crippen molar-refractivity contribution in [1.29, 1.82) is 0 Å². The van der Waals surface area contributed by atoms with Crippen molar-refractivity contribution in [2.24, 2.45) is 0 Å². The average Bonchev–Trinajstić information content (AvgIpc) is 3.01. The third-order valence-electron chi connectivity index (χ3n) is 2.96. The van der Waals surface area contributed by atoms with Crippen LogP contribution in [0.3, 0.4) is 0 Å². The minimum Gasteiger partial charge on any atom is -0.377 e. The first-order valence-electron chi connectivity index (χ1n) is 5.80. The summed E-state index contributed by atoms with van der Waals surface area (Å²) in [5, 5.41) is 1.74. The molecule has 0 aromatic carbocycles. The number of thiazole rings is 1. The molecular weight excluding hydrogens is 310 g/mol. The number of ether oxygens (including phenoxy) is 1. The van der Waals surface area contributed by atoms with E-state index < -0.39 is 10.0 Å². The molecule has 19 heavy (non-hydrogen) atoms. The standard InChI is InChI=1S/C10H12ClN3O3S2/c11-8-9(14-3-5-18-10(14)13-8)19(15,16)12-6-7-2-1-4-17-7/h3,5,7,12H,1-2,4,6H2. The van der Waals surface area contributed by atoms with Gasteiger partial charge in [-0.3, -0.25) is 4.40 Å². The summed E-state index contributed by atoms with van der Waals surface area (Å²) >= 11 is 7.25. The second-order valence-electron chi connectivity index (χ2n) is 4.25. The van der Waals surface area contributed by atoms with Crippen molar-refractivity contribution < 1.29 is 13.2 Å². The minimum absolute atomic E-state index is 0.00769. The lowest BCUT2D eigenvalue weighted by atomic mass is 10.2. The Morgan fingerprint density at radius 2 is 2.47 bits per heavy atom. The van der Waals surface area contributed by atoms with E-state index in [4.69, 9.17) is 16.3 Å². The van der Waals surface area contributed by atoms with Crippen molar-refractivity contribution in [2.75, 3.05) is 13.2 Å². The number of nitrogens with one attached hydrogen (secondary N) is 1. The highest BCUT2D eigenvalue weighted by Crippen LogP contribution is 2.25. The Labute approximate surface area is 119 Å².